The summed E-state index contributed by atoms with van der Waals surface area (Å²) in [7, 11) is 3.41. The van der Waals surface area contributed by atoms with Crippen LogP contribution in [0.3, 0.4) is 0 Å². The number of aryl methyl sites for hydroxylation is 4. The van der Waals surface area contributed by atoms with Gasteiger partial charge in [-0.05, 0) is 78.3 Å². The second kappa shape index (κ2) is 9.53. The Kier molecular flexibility index (Phi) is 6.15. The molecule has 0 saturated heterocycles. The fourth-order valence-corrected chi connectivity index (χ4v) is 4.33. The van der Waals surface area contributed by atoms with Gasteiger partial charge in [0.05, 0.1) is 14.2 Å². The van der Waals surface area contributed by atoms with E-state index in [0.29, 0.717) is 13.2 Å². The lowest BCUT2D eigenvalue weighted by atomic mass is 9.97. The van der Waals surface area contributed by atoms with Crippen LogP contribution in [-0.2, 0) is 25.7 Å². The Bertz CT molecular complexity index is 1140. The Morgan fingerprint density at radius 2 is 1.09 bits per heavy atom. The molecule has 6 nitrogen and oxygen atoms in total. The average molecular weight is 449 g/mol. The fraction of sp³-hybridized carbons (Fsp3) is 0.333. The van der Waals surface area contributed by atoms with Gasteiger partial charge < -0.3 is 28.4 Å². The Morgan fingerprint density at radius 3 is 1.70 bits per heavy atom. The molecule has 3 aromatic carbocycles. The maximum Gasteiger partial charge on any atom is 0.231 e. The molecule has 2 heterocycles. The normalized spacial score (nSPS) is 13.6. The lowest BCUT2D eigenvalue weighted by Gasteiger charge is -2.19. The zero-order valence-corrected chi connectivity index (χ0v) is 19.0. The van der Waals surface area contributed by atoms with Crippen LogP contribution in [0.15, 0.2) is 48.5 Å². The lowest BCUT2D eigenvalue weighted by Crippen LogP contribution is -2.15. The van der Waals surface area contributed by atoms with Crippen molar-refractivity contribution in [2.45, 2.75) is 25.7 Å². The van der Waals surface area contributed by atoms with E-state index in [1.807, 2.05) is 18.2 Å². The van der Waals surface area contributed by atoms with Gasteiger partial charge in [0.1, 0.15) is 24.7 Å². The molecule has 0 N–H and O–H groups in total. The molecule has 5 rings (SSSR count). The molecule has 0 atom stereocenters. The molecule has 172 valence electrons. The molecule has 0 unspecified atom stereocenters. The lowest BCUT2D eigenvalue weighted by molar-refractivity contribution is 0.171. The highest BCUT2D eigenvalue weighted by Crippen LogP contribution is 2.35. The Labute approximate surface area is 193 Å². The number of methoxy groups -OCH3 is 2. The molecule has 0 fully saturated rings. The minimum Gasteiger partial charge on any atom is -0.496 e. The minimum absolute atomic E-state index is 0.290. The summed E-state index contributed by atoms with van der Waals surface area (Å²) in [6, 6.07) is 16.5. The first kappa shape index (κ1) is 21.3. The number of hydrogen-bond donors (Lipinski definition) is 0. The number of rotatable bonds is 8. The first-order valence-corrected chi connectivity index (χ1v) is 11.2. The molecule has 3 aromatic rings. The van der Waals surface area contributed by atoms with E-state index in [1.165, 1.54) is 11.1 Å². The minimum atomic E-state index is 0.290. The van der Waals surface area contributed by atoms with Crippen molar-refractivity contribution < 1.29 is 28.4 Å². The molecule has 0 spiro atoms. The monoisotopic (exact) mass is 448 g/mol. The first-order chi connectivity index (χ1) is 16.2. The second-order valence-corrected chi connectivity index (χ2v) is 8.14. The van der Waals surface area contributed by atoms with Crippen molar-refractivity contribution in [3.05, 3.63) is 70.8 Å². The van der Waals surface area contributed by atoms with Crippen molar-refractivity contribution in [1.29, 1.82) is 0 Å². The van der Waals surface area contributed by atoms with Gasteiger partial charge in [0.15, 0.2) is 23.0 Å². The van der Waals surface area contributed by atoms with E-state index in [1.54, 1.807) is 14.2 Å². The van der Waals surface area contributed by atoms with Gasteiger partial charge >= 0.3 is 0 Å². The van der Waals surface area contributed by atoms with Gasteiger partial charge in [-0.3, -0.25) is 0 Å². The van der Waals surface area contributed by atoms with E-state index < -0.39 is 0 Å². The van der Waals surface area contributed by atoms with Crippen molar-refractivity contribution in [2.75, 3.05) is 34.2 Å². The SMILES string of the molecule is COc1cc(OC)c(CCc2ccc3c(c2)OCO3)cc1CCc1ccc2c(c1)OCCO2. The van der Waals surface area contributed by atoms with Gasteiger partial charge in [0, 0.05) is 6.07 Å². The molecule has 2 aliphatic rings. The third kappa shape index (κ3) is 4.65. The van der Waals surface area contributed by atoms with E-state index in [2.05, 4.69) is 30.3 Å². The number of benzene rings is 3. The third-order valence-corrected chi connectivity index (χ3v) is 6.09. The van der Waals surface area contributed by atoms with Crippen molar-refractivity contribution in [1.82, 2.24) is 0 Å². The van der Waals surface area contributed by atoms with E-state index >= 15 is 0 Å². The summed E-state index contributed by atoms with van der Waals surface area (Å²) in [5, 5.41) is 0. The molecular weight excluding hydrogens is 420 g/mol. The van der Waals surface area contributed by atoms with Crippen LogP contribution in [-0.4, -0.2) is 34.2 Å². The molecule has 0 saturated carbocycles. The smallest absolute Gasteiger partial charge is 0.231 e. The second-order valence-electron chi connectivity index (χ2n) is 8.14. The van der Waals surface area contributed by atoms with Crippen LogP contribution < -0.4 is 28.4 Å². The van der Waals surface area contributed by atoms with Crippen LogP contribution >= 0.6 is 0 Å². The van der Waals surface area contributed by atoms with Crippen molar-refractivity contribution in [3.8, 4) is 34.5 Å². The summed E-state index contributed by atoms with van der Waals surface area (Å²) >= 11 is 0. The van der Waals surface area contributed by atoms with Gasteiger partial charge in [0.25, 0.3) is 0 Å². The third-order valence-electron chi connectivity index (χ3n) is 6.09. The summed E-state index contributed by atoms with van der Waals surface area (Å²) in [4.78, 5) is 0. The molecule has 6 heteroatoms. The quantitative estimate of drug-likeness (QED) is 0.495. The summed E-state index contributed by atoms with van der Waals surface area (Å²) < 4.78 is 33.6. The molecule has 0 aliphatic carbocycles. The van der Waals surface area contributed by atoms with Gasteiger partial charge in [-0.15, -0.1) is 0 Å². The van der Waals surface area contributed by atoms with Crippen molar-refractivity contribution in [2.24, 2.45) is 0 Å². The highest BCUT2D eigenvalue weighted by molar-refractivity contribution is 5.49. The average Bonchev–Trinajstić information content (AvgIpc) is 3.34. The maximum atomic E-state index is 5.73. The van der Waals surface area contributed by atoms with Crippen LogP contribution in [0.2, 0.25) is 0 Å². The molecule has 33 heavy (non-hydrogen) atoms. The Balaban J connectivity index is 1.32. The Hall–Kier alpha value is -3.54. The van der Waals surface area contributed by atoms with E-state index in [9.17, 15) is 0 Å². The standard InChI is InChI=1S/C27H28O6/c1-28-24-16-25(29-2)21(8-4-19-6-10-23-27(14-19)33-17-32-23)15-20(24)7-3-18-5-9-22-26(13-18)31-12-11-30-22/h5-6,9-10,13-16H,3-4,7-8,11-12,17H2,1-2H3. The Morgan fingerprint density at radius 1 is 0.576 bits per heavy atom. The van der Waals surface area contributed by atoms with Gasteiger partial charge in [-0.2, -0.15) is 0 Å². The van der Waals surface area contributed by atoms with Crippen molar-refractivity contribution in [3.63, 3.8) is 0 Å². The summed E-state index contributed by atoms with van der Waals surface area (Å²) in [6.07, 6.45) is 3.45. The first-order valence-electron chi connectivity index (χ1n) is 11.2. The molecule has 0 amide bonds. The van der Waals surface area contributed by atoms with Gasteiger partial charge in [0.2, 0.25) is 6.79 Å². The predicted molar refractivity (Wildman–Crippen MR) is 124 cm³/mol. The van der Waals surface area contributed by atoms with Crippen LogP contribution in [0.5, 0.6) is 34.5 Å². The van der Waals surface area contributed by atoms with E-state index in [-0.39, 0.29) is 6.79 Å². The highest BCUT2D eigenvalue weighted by atomic mass is 16.7. The molecular formula is C27H28O6. The van der Waals surface area contributed by atoms with Gasteiger partial charge in [-0.1, -0.05) is 12.1 Å². The summed E-state index contributed by atoms with van der Waals surface area (Å²) in [6.45, 7) is 1.48. The summed E-state index contributed by atoms with van der Waals surface area (Å²) in [5.41, 5.74) is 4.73. The van der Waals surface area contributed by atoms with Crippen LogP contribution in [0.25, 0.3) is 0 Å². The largest absolute Gasteiger partial charge is 0.496 e. The van der Waals surface area contributed by atoms with E-state index in [4.69, 9.17) is 28.4 Å². The predicted octanol–water partition coefficient (Wildman–Crippen LogP) is 4.77. The molecule has 0 radical (unpaired) electrons. The van der Waals surface area contributed by atoms with Crippen molar-refractivity contribution >= 4 is 0 Å². The zero-order valence-electron chi connectivity index (χ0n) is 19.0. The maximum absolute atomic E-state index is 5.73. The van der Waals surface area contributed by atoms with Gasteiger partial charge in [-0.25, -0.2) is 0 Å². The molecule has 0 bridgehead atoms. The zero-order chi connectivity index (χ0) is 22.6. The molecule has 2 aliphatic heterocycles. The van der Waals surface area contributed by atoms with Crippen LogP contribution in [0.4, 0.5) is 0 Å². The van der Waals surface area contributed by atoms with Crippen LogP contribution in [0.1, 0.15) is 22.3 Å². The number of fused-ring (bicyclic) bond motifs is 2. The number of hydrogen-bond acceptors (Lipinski definition) is 6. The topological polar surface area (TPSA) is 55.4 Å². The number of ether oxygens (including phenoxy) is 6. The van der Waals surface area contributed by atoms with E-state index in [0.717, 1.165) is 71.3 Å². The molecule has 0 aromatic heterocycles. The van der Waals surface area contributed by atoms with Crippen LogP contribution in [0, 0.1) is 0 Å². The fourth-order valence-electron chi connectivity index (χ4n) is 4.33. The summed E-state index contributed by atoms with van der Waals surface area (Å²) in [5.74, 6) is 4.95. The highest BCUT2D eigenvalue weighted by Gasteiger charge is 2.16.